The van der Waals surface area contributed by atoms with Crippen molar-refractivity contribution < 1.29 is 5.21 Å². The number of hydrogen-bond acceptors (Lipinski definition) is 5. The summed E-state index contributed by atoms with van der Waals surface area (Å²) in [5.41, 5.74) is 5.92. The maximum absolute atomic E-state index is 8.57. The first-order valence-electron chi connectivity index (χ1n) is 4.79. The van der Waals surface area contributed by atoms with Gasteiger partial charge in [0.15, 0.2) is 5.84 Å². The summed E-state index contributed by atoms with van der Waals surface area (Å²) in [6, 6.07) is 3.61. The van der Waals surface area contributed by atoms with Crippen LogP contribution in [0.15, 0.2) is 45.7 Å². The van der Waals surface area contributed by atoms with Crippen molar-refractivity contribution >= 4 is 17.6 Å². The number of aromatic nitrogens is 3. The van der Waals surface area contributed by atoms with Crippen LogP contribution in [0.25, 0.3) is 0 Å². The first-order valence-corrected chi connectivity index (χ1v) is 5.61. The third-order valence-electron chi connectivity index (χ3n) is 2.02. The molecule has 0 spiro atoms. The van der Waals surface area contributed by atoms with Crippen molar-refractivity contribution in [2.45, 2.75) is 9.79 Å². The lowest BCUT2D eigenvalue weighted by molar-refractivity contribution is 0.318. The van der Waals surface area contributed by atoms with Crippen LogP contribution in [0.5, 0.6) is 0 Å². The molecular weight excluding hydrogens is 238 g/mol. The molecule has 0 radical (unpaired) electrons. The normalized spacial score (nSPS) is 11.7. The first-order chi connectivity index (χ1) is 8.19. The number of hydrogen-bond donors (Lipinski definition) is 2. The lowest BCUT2D eigenvalue weighted by Crippen LogP contribution is -2.14. The van der Waals surface area contributed by atoms with E-state index in [1.807, 2.05) is 19.3 Å². The van der Waals surface area contributed by atoms with Crippen LogP contribution in [0.4, 0.5) is 0 Å². The second kappa shape index (κ2) is 4.88. The fourth-order valence-corrected chi connectivity index (χ4v) is 2.13. The van der Waals surface area contributed by atoms with Crippen molar-refractivity contribution in [3.05, 3.63) is 36.4 Å². The van der Waals surface area contributed by atoms with Gasteiger partial charge in [0, 0.05) is 24.3 Å². The SMILES string of the molecule is Cn1cc(Sc2ccnc(C(N)=NO)c2)cn1. The van der Waals surface area contributed by atoms with Crippen LogP contribution in [0.1, 0.15) is 5.69 Å². The Labute approximate surface area is 102 Å². The highest BCUT2D eigenvalue weighted by Gasteiger charge is 2.04. The van der Waals surface area contributed by atoms with E-state index in [0.29, 0.717) is 5.69 Å². The Bertz CT molecular complexity index is 551. The molecule has 6 nitrogen and oxygen atoms in total. The Hall–Kier alpha value is -2.02. The van der Waals surface area contributed by atoms with Gasteiger partial charge >= 0.3 is 0 Å². The molecule has 0 saturated carbocycles. The Morgan fingerprint density at radius 1 is 1.53 bits per heavy atom. The lowest BCUT2D eigenvalue weighted by Gasteiger charge is -2.01. The van der Waals surface area contributed by atoms with E-state index in [2.05, 4.69) is 15.2 Å². The van der Waals surface area contributed by atoms with E-state index >= 15 is 0 Å². The van der Waals surface area contributed by atoms with Gasteiger partial charge in [-0.25, -0.2) is 0 Å². The quantitative estimate of drug-likeness (QED) is 0.367. The van der Waals surface area contributed by atoms with Crippen molar-refractivity contribution in [2.75, 3.05) is 0 Å². The van der Waals surface area contributed by atoms with Crippen LogP contribution in [0, 0.1) is 0 Å². The minimum Gasteiger partial charge on any atom is -0.409 e. The second-order valence-corrected chi connectivity index (χ2v) is 4.46. The third-order valence-corrected chi connectivity index (χ3v) is 2.95. The largest absolute Gasteiger partial charge is 0.409 e. The molecule has 0 aromatic carbocycles. The molecule has 0 aliphatic carbocycles. The summed E-state index contributed by atoms with van der Waals surface area (Å²) >= 11 is 1.53. The van der Waals surface area contributed by atoms with E-state index in [4.69, 9.17) is 10.9 Å². The van der Waals surface area contributed by atoms with Crippen molar-refractivity contribution in [1.29, 1.82) is 0 Å². The van der Waals surface area contributed by atoms with Gasteiger partial charge < -0.3 is 10.9 Å². The standard InChI is InChI=1S/C10H11N5OS/c1-15-6-8(5-13-15)17-7-2-3-12-9(4-7)10(11)14-16/h2-6,16H,1H3,(H2,11,14). The van der Waals surface area contributed by atoms with Crippen molar-refractivity contribution in [3.8, 4) is 0 Å². The number of rotatable bonds is 3. The molecule has 0 aliphatic heterocycles. The summed E-state index contributed by atoms with van der Waals surface area (Å²) in [5, 5.41) is 15.6. The summed E-state index contributed by atoms with van der Waals surface area (Å²) in [4.78, 5) is 5.98. The van der Waals surface area contributed by atoms with Gasteiger partial charge in [-0.3, -0.25) is 9.67 Å². The average molecular weight is 249 g/mol. The van der Waals surface area contributed by atoms with Gasteiger partial charge in [0.05, 0.1) is 11.1 Å². The van der Waals surface area contributed by atoms with Gasteiger partial charge in [-0.2, -0.15) is 5.10 Å². The van der Waals surface area contributed by atoms with Crippen LogP contribution in [-0.2, 0) is 7.05 Å². The Balaban J connectivity index is 2.22. The van der Waals surface area contributed by atoms with Gasteiger partial charge in [-0.1, -0.05) is 16.9 Å². The van der Waals surface area contributed by atoms with E-state index in [-0.39, 0.29) is 5.84 Å². The Morgan fingerprint density at radius 2 is 2.35 bits per heavy atom. The predicted octanol–water partition coefficient (Wildman–Crippen LogP) is 1.06. The molecule has 2 aromatic rings. The number of oxime groups is 1. The second-order valence-electron chi connectivity index (χ2n) is 3.31. The molecule has 0 atom stereocenters. The fraction of sp³-hybridized carbons (Fsp3) is 0.100. The van der Waals surface area contributed by atoms with Crippen molar-refractivity contribution in [3.63, 3.8) is 0 Å². The average Bonchev–Trinajstić information content (AvgIpc) is 2.74. The molecule has 7 heteroatoms. The molecule has 3 N–H and O–H groups in total. The lowest BCUT2D eigenvalue weighted by atomic mass is 10.3. The minimum absolute atomic E-state index is 0.00126. The Morgan fingerprint density at radius 3 is 3.00 bits per heavy atom. The monoisotopic (exact) mass is 249 g/mol. The van der Waals surface area contributed by atoms with E-state index in [9.17, 15) is 0 Å². The summed E-state index contributed by atoms with van der Waals surface area (Å²) < 4.78 is 1.73. The molecule has 17 heavy (non-hydrogen) atoms. The maximum Gasteiger partial charge on any atom is 0.188 e. The molecule has 2 aromatic heterocycles. The summed E-state index contributed by atoms with van der Waals surface area (Å²) in [7, 11) is 1.86. The highest BCUT2D eigenvalue weighted by atomic mass is 32.2. The van der Waals surface area contributed by atoms with Crippen molar-refractivity contribution in [1.82, 2.24) is 14.8 Å². The number of aryl methyl sites for hydroxylation is 1. The topological polar surface area (TPSA) is 89.3 Å². The highest BCUT2D eigenvalue weighted by molar-refractivity contribution is 7.99. The zero-order valence-electron chi connectivity index (χ0n) is 9.11. The zero-order valence-corrected chi connectivity index (χ0v) is 9.92. The molecule has 2 heterocycles. The molecule has 2 rings (SSSR count). The molecule has 0 fully saturated rings. The van der Waals surface area contributed by atoms with Gasteiger partial charge in [0.25, 0.3) is 0 Å². The van der Waals surface area contributed by atoms with Crippen molar-refractivity contribution in [2.24, 2.45) is 17.9 Å². The molecule has 0 bridgehead atoms. The van der Waals surface area contributed by atoms with Gasteiger partial charge in [-0.05, 0) is 12.1 Å². The molecule has 0 amide bonds. The number of nitrogens with two attached hydrogens (primary N) is 1. The number of amidine groups is 1. The molecular formula is C10H11N5OS. The van der Waals surface area contributed by atoms with Crippen LogP contribution in [0.3, 0.4) is 0 Å². The molecule has 0 saturated heterocycles. The summed E-state index contributed by atoms with van der Waals surface area (Å²) in [6.45, 7) is 0. The molecule has 88 valence electrons. The van der Waals surface area contributed by atoms with Crippen LogP contribution in [0.2, 0.25) is 0 Å². The molecule has 0 unspecified atom stereocenters. The fourth-order valence-electron chi connectivity index (χ4n) is 1.25. The summed E-state index contributed by atoms with van der Waals surface area (Å²) in [6.07, 6.45) is 5.30. The number of pyridine rings is 1. The Kier molecular flexibility index (Phi) is 3.29. The van der Waals surface area contributed by atoms with E-state index < -0.39 is 0 Å². The first kappa shape index (κ1) is 11.5. The van der Waals surface area contributed by atoms with E-state index in [0.717, 1.165) is 9.79 Å². The van der Waals surface area contributed by atoms with E-state index in [1.54, 1.807) is 23.1 Å². The smallest absolute Gasteiger partial charge is 0.188 e. The minimum atomic E-state index is -0.00126. The van der Waals surface area contributed by atoms with Gasteiger partial charge in [0.2, 0.25) is 0 Å². The van der Waals surface area contributed by atoms with E-state index in [1.165, 1.54) is 11.8 Å². The highest BCUT2D eigenvalue weighted by Crippen LogP contribution is 2.26. The number of nitrogens with zero attached hydrogens (tertiary/aromatic N) is 4. The van der Waals surface area contributed by atoms with Crippen LogP contribution in [-0.4, -0.2) is 25.8 Å². The zero-order chi connectivity index (χ0) is 12.3. The van der Waals surface area contributed by atoms with Crippen LogP contribution >= 0.6 is 11.8 Å². The van der Waals surface area contributed by atoms with Crippen LogP contribution < -0.4 is 5.73 Å². The van der Waals surface area contributed by atoms with Gasteiger partial charge in [0.1, 0.15) is 5.69 Å². The predicted molar refractivity (Wildman–Crippen MR) is 64.1 cm³/mol. The van der Waals surface area contributed by atoms with Gasteiger partial charge in [-0.15, -0.1) is 0 Å². The summed E-state index contributed by atoms with van der Waals surface area (Å²) in [5.74, 6) is -0.00126. The maximum atomic E-state index is 8.57. The molecule has 0 aliphatic rings. The third kappa shape index (κ3) is 2.76.